The van der Waals surface area contributed by atoms with Crippen LogP contribution in [0, 0.1) is 0 Å². The smallest absolute Gasteiger partial charge is 0.315 e. The Labute approximate surface area is 150 Å². The van der Waals surface area contributed by atoms with Crippen molar-refractivity contribution in [3.05, 3.63) is 35.9 Å². The molecule has 0 spiro atoms. The van der Waals surface area contributed by atoms with Crippen LogP contribution < -0.4 is 10.6 Å². The molecule has 1 saturated carbocycles. The molecule has 1 aromatic carbocycles. The lowest BCUT2D eigenvalue weighted by atomic mass is 9.97. The third-order valence-electron chi connectivity index (χ3n) is 5.69. The van der Waals surface area contributed by atoms with E-state index in [1.54, 1.807) is 0 Å². The average Bonchev–Trinajstić information content (AvgIpc) is 3.04. The predicted molar refractivity (Wildman–Crippen MR) is 99.3 cm³/mol. The average molecular weight is 345 g/mol. The van der Waals surface area contributed by atoms with Gasteiger partial charge >= 0.3 is 6.03 Å². The number of benzene rings is 1. The van der Waals surface area contributed by atoms with Crippen LogP contribution in [-0.4, -0.2) is 46.8 Å². The minimum absolute atomic E-state index is 0.144. The normalized spacial score (nSPS) is 26.3. The van der Waals surface area contributed by atoms with Gasteiger partial charge in [0.25, 0.3) is 0 Å². The lowest BCUT2D eigenvalue weighted by Gasteiger charge is -2.38. The first kappa shape index (κ1) is 18.2. The number of nitrogens with one attached hydrogen (secondary N) is 2. The van der Waals surface area contributed by atoms with E-state index >= 15 is 0 Å². The molecule has 3 rings (SSSR count). The summed E-state index contributed by atoms with van der Waals surface area (Å²) < 4.78 is 0. The van der Waals surface area contributed by atoms with Gasteiger partial charge in [0.1, 0.15) is 0 Å². The topological polar surface area (TPSA) is 64.6 Å². The van der Waals surface area contributed by atoms with E-state index in [1.165, 1.54) is 5.56 Å². The monoisotopic (exact) mass is 345 g/mol. The van der Waals surface area contributed by atoms with Gasteiger partial charge in [0.15, 0.2) is 0 Å². The molecule has 2 aliphatic rings. The van der Waals surface area contributed by atoms with Crippen molar-refractivity contribution in [1.82, 2.24) is 15.5 Å². The number of carbonyl (C=O) groups is 1. The highest BCUT2D eigenvalue weighted by atomic mass is 16.3. The molecule has 0 bridgehead atoms. The molecule has 0 aromatic heterocycles. The van der Waals surface area contributed by atoms with Gasteiger partial charge in [-0.05, 0) is 38.2 Å². The molecule has 1 saturated heterocycles. The van der Waals surface area contributed by atoms with Crippen LogP contribution in [0.25, 0.3) is 0 Å². The third-order valence-corrected chi connectivity index (χ3v) is 5.69. The lowest BCUT2D eigenvalue weighted by Crippen LogP contribution is -2.52. The van der Waals surface area contributed by atoms with E-state index in [4.69, 9.17) is 0 Å². The number of urea groups is 1. The highest BCUT2D eigenvalue weighted by Gasteiger charge is 2.32. The molecule has 2 amide bonds. The summed E-state index contributed by atoms with van der Waals surface area (Å²) in [5.41, 5.74) is 0.646. The van der Waals surface area contributed by atoms with Gasteiger partial charge in [0, 0.05) is 31.7 Å². The SMILES string of the molecule is CC1CC(NC(=O)NCC2(O)CCCC2)CCN1Cc1ccccc1. The van der Waals surface area contributed by atoms with Crippen molar-refractivity contribution >= 4 is 6.03 Å². The van der Waals surface area contributed by atoms with Crippen molar-refractivity contribution in [1.29, 1.82) is 0 Å². The van der Waals surface area contributed by atoms with Crippen LogP contribution >= 0.6 is 0 Å². The summed E-state index contributed by atoms with van der Waals surface area (Å²) in [4.78, 5) is 14.6. The molecular weight excluding hydrogens is 314 g/mol. The second-order valence-electron chi connectivity index (χ2n) is 7.78. The third kappa shape index (κ3) is 5.19. The molecule has 5 heteroatoms. The first-order chi connectivity index (χ1) is 12.0. The summed E-state index contributed by atoms with van der Waals surface area (Å²) in [6.07, 6.45) is 5.62. The summed E-state index contributed by atoms with van der Waals surface area (Å²) in [6.45, 7) is 4.55. The van der Waals surface area contributed by atoms with Crippen LogP contribution in [0.1, 0.15) is 51.0 Å². The van der Waals surface area contributed by atoms with Crippen molar-refractivity contribution in [3.63, 3.8) is 0 Å². The van der Waals surface area contributed by atoms with Crippen LogP contribution in [0.2, 0.25) is 0 Å². The van der Waals surface area contributed by atoms with E-state index in [0.717, 1.165) is 51.6 Å². The minimum atomic E-state index is -0.691. The number of hydrogen-bond acceptors (Lipinski definition) is 3. The zero-order valence-corrected chi connectivity index (χ0v) is 15.2. The fraction of sp³-hybridized carbons (Fsp3) is 0.650. The quantitative estimate of drug-likeness (QED) is 0.769. The molecule has 1 aliphatic heterocycles. The summed E-state index contributed by atoms with van der Waals surface area (Å²) in [5.74, 6) is 0. The lowest BCUT2D eigenvalue weighted by molar-refractivity contribution is 0.0497. The number of nitrogens with zero attached hydrogens (tertiary/aromatic N) is 1. The number of piperidine rings is 1. The molecular formula is C20H31N3O2. The van der Waals surface area contributed by atoms with E-state index in [2.05, 4.69) is 46.7 Å². The maximum Gasteiger partial charge on any atom is 0.315 e. The number of aliphatic hydroxyl groups is 1. The standard InChI is InChI=1S/C20H31N3O2/c1-16-13-18(9-12-23(16)14-17-7-3-2-4-8-17)22-19(24)21-15-20(25)10-5-6-11-20/h2-4,7-8,16,18,25H,5-6,9-15H2,1H3,(H2,21,22,24). The second-order valence-corrected chi connectivity index (χ2v) is 7.78. The Morgan fingerprint density at radius 1 is 1.28 bits per heavy atom. The van der Waals surface area contributed by atoms with E-state index < -0.39 is 5.60 Å². The highest BCUT2D eigenvalue weighted by Crippen LogP contribution is 2.28. The Kier molecular flexibility index (Phi) is 5.97. The Morgan fingerprint density at radius 3 is 2.68 bits per heavy atom. The van der Waals surface area contributed by atoms with Gasteiger partial charge in [-0.1, -0.05) is 43.2 Å². The molecule has 1 aliphatic carbocycles. The largest absolute Gasteiger partial charge is 0.388 e. The second kappa shape index (κ2) is 8.19. The summed E-state index contributed by atoms with van der Waals surface area (Å²) in [6, 6.07) is 11.0. The van der Waals surface area contributed by atoms with Crippen LogP contribution in [-0.2, 0) is 6.54 Å². The minimum Gasteiger partial charge on any atom is -0.388 e. The van der Waals surface area contributed by atoms with Crippen molar-refractivity contribution in [3.8, 4) is 0 Å². The van der Waals surface area contributed by atoms with Gasteiger partial charge in [0.05, 0.1) is 5.60 Å². The summed E-state index contributed by atoms with van der Waals surface area (Å²) >= 11 is 0. The van der Waals surface area contributed by atoms with E-state index in [1.807, 2.05) is 6.07 Å². The van der Waals surface area contributed by atoms with E-state index in [-0.39, 0.29) is 12.1 Å². The molecule has 3 N–H and O–H groups in total. The molecule has 25 heavy (non-hydrogen) atoms. The molecule has 1 aromatic rings. The first-order valence-corrected chi connectivity index (χ1v) is 9.59. The number of likely N-dealkylation sites (tertiary alicyclic amines) is 1. The number of amides is 2. The Bertz CT molecular complexity index is 557. The molecule has 5 nitrogen and oxygen atoms in total. The first-order valence-electron chi connectivity index (χ1n) is 9.59. The van der Waals surface area contributed by atoms with E-state index in [0.29, 0.717) is 12.6 Å². The molecule has 1 heterocycles. The van der Waals surface area contributed by atoms with Crippen LogP contribution in [0.5, 0.6) is 0 Å². The molecule has 0 radical (unpaired) electrons. The van der Waals surface area contributed by atoms with Crippen molar-refractivity contribution in [2.24, 2.45) is 0 Å². The van der Waals surface area contributed by atoms with E-state index in [9.17, 15) is 9.90 Å². The molecule has 2 fully saturated rings. The van der Waals surface area contributed by atoms with Crippen molar-refractivity contribution in [2.75, 3.05) is 13.1 Å². The maximum atomic E-state index is 12.1. The Hall–Kier alpha value is -1.59. The maximum absolute atomic E-state index is 12.1. The Morgan fingerprint density at radius 2 is 2.00 bits per heavy atom. The molecule has 2 atom stereocenters. The summed E-state index contributed by atoms with van der Waals surface area (Å²) in [5, 5.41) is 16.3. The number of rotatable bonds is 5. The van der Waals surface area contributed by atoms with Crippen LogP contribution in [0.15, 0.2) is 30.3 Å². The molecule has 138 valence electrons. The Balaban J connectivity index is 1.41. The number of hydrogen-bond donors (Lipinski definition) is 3. The summed E-state index contributed by atoms with van der Waals surface area (Å²) in [7, 11) is 0. The van der Waals surface area contributed by atoms with Crippen LogP contribution in [0.4, 0.5) is 4.79 Å². The van der Waals surface area contributed by atoms with Gasteiger partial charge in [0.2, 0.25) is 0 Å². The zero-order valence-electron chi connectivity index (χ0n) is 15.2. The van der Waals surface area contributed by atoms with Gasteiger partial charge < -0.3 is 15.7 Å². The number of carbonyl (C=O) groups excluding carboxylic acids is 1. The van der Waals surface area contributed by atoms with Gasteiger partial charge in [-0.25, -0.2) is 4.79 Å². The van der Waals surface area contributed by atoms with Crippen molar-refractivity contribution < 1.29 is 9.90 Å². The van der Waals surface area contributed by atoms with Crippen LogP contribution in [0.3, 0.4) is 0 Å². The fourth-order valence-corrected chi connectivity index (χ4v) is 4.10. The van der Waals surface area contributed by atoms with Gasteiger partial charge in [-0.3, -0.25) is 4.90 Å². The molecule has 2 unspecified atom stereocenters. The van der Waals surface area contributed by atoms with Crippen molar-refractivity contribution in [2.45, 2.75) is 69.7 Å². The predicted octanol–water partition coefficient (Wildman–Crippen LogP) is 2.64. The highest BCUT2D eigenvalue weighted by molar-refractivity contribution is 5.74. The van der Waals surface area contributed by atoms with Gasteiger partial charge in [-0.2, -0.15) is 0 Å². The fourth-order valence-electron chi connectivity index (χ4n) is 4.10. The zero-order chi connectivity index (χ0) is 17.7. The van der Waals surface area contributed by atoms with Gasteiger partial charge in [-0.15, -0.1) is 0 Å².